The van der Waals surface area contributed by atoms with Crippen LogP contribution in [0.25, 0.3) is 0 Å². The molecule has 0 heterocycles. The number of amides is 1. The Morgan fingerprint density at radius 1 is 1.25 bits per heavy atom. The number of ether oxygens (including phenoxy) is 3. The van der Waals surface area contributed by atoms with Crippen molar-refractivity contribution in [3.8, 4) is 0 Å². The Morgan fingerprint density at radius 3 is 2.62 bits per heavy atom. The van der Waals surface area contributed by atoms with Gasteiger partial charge in [0.05, 0.1) is 26.2 Å². The molecule has 0 aliphatic heterocycles. The normalized spacial score (nSPS) is 9.88. The number of nitrogens with one attached hydrogen (secondary N) is 1. The fourth-order valence-corrected chi connectivity index (χ4v) is 0.895. The molecule has 1 N–H and O–H groups in total. The number of hydrogen-bond acceptors (Lipinski definition) is 5. The lowest BCUT2D eigenvalue weighted by molar-refractivity contribution is -0.143. The molecule has 0 aromatic carbocycles. The molecule has 0 unspecified atom stereocenters. The van der Waals surface area contributed by atoms with Gasteiger partial charge in [0.2, 0.25) is 5.91 Å². The minimum Gasteiger partial charge on any atom is -0.466 e. The molecule has 1 amide bonds. The molecular weight excluding hydrogens is 214 g/mol. The highest BCUT2D eigenvalue weighted by Gasteiger charge is 2.04. The Bertz CT molecular complexity index is 207. The van der Waals surface area contributed by atoms with E-state index in [1.165, 1.54) is 0 Å². The number of carbonyl (C=O) groups excluding carboxylic acids is 2. The summed E-state index contributed by atoms with van der Waals surface area (Å²) in [6.45, 7) is 3.17. The highest BCUT2D eigenvalue weighted by Crippen LogP contribution is 1.84. The van der Waals surface area contributed by atoms with Crippen LogP contribution in [-0.4, -0.2) is 52.0 Å². The van der Waals surface area contributed by atoms with Gasteiger partial charge in [-0.3, -0.25) is 9.59 Å². The summed E-state index contributed by atoms with van der Waals surface area (Å²) in [5, 5.41) is 2.54. The van der Waals surface area contributed by atoms with Crippen LogP contribution in [0.3, 0.4) is 0 Å². The first-order chi connectivity index (χ1) is 7.70. The zero-order valence-corrected chi connectivity index (χ0v) is 9.78. The predicted molar refractivity (Wildman–Crippen MR) is 57.0 cm³/mol. The number of rotatable bonds is 9. The van der Waals surface area contributed by atoms with Gasteiger partial charge in [-0.15, -0.1) is 0 Å². The minimum absolute atomic E-state index is 0.0216. The van der Waals surface area contributed by atoms with E-state index >= 15 is 0 Å². The second-order valence-corrected chi connectivity index (χ2v) is 2.95. The molecule has 0 bridgehead atoms. The Labute approximate surface area is 95.2 Å². The Morgan fingerprint density at radius 2 is 2.00 bits per heavy atom. The summed E-state index contributed by atoms with van der Waals surface area (Å²) in [7, 11) is 1.56. The van der Waals surface area contributed by atoms with Gasteiger partial charge in [-0.2, -0.15) is 0 Å². The largest absolute Gasteiger partial charge is 0.466 e. The van der Waals surface area contributed by atoms with Crippen molar-refractivity contribution in [2.75, 3.05) is 40.1 Å². The lowest BCUT2D eigenvalue weighted by Crippen LogP contribution is -2.30. The van der Waals surface area contributed by atoms with Crippen molar-refractivity contribution in [2.24, 2.45) is 0 Å². The van der Waals surface area contributed by atoms with Gasteiger partial charge in [0.15, 0.2) is 0 Å². The van der Waals surface area contributed by atoms with Crippen molar-refractivity contribution in [1.82, 2.24) is 5.32 Å². The van der Waals surface area contributed by atoms with E-state index in [-0.39, 0.29) is 31.4 Å². The SMILES string of the molecule is CCOC(=O)CCNC(=O)COCCOC. The van der Waals surface area contributed by atoms with Gasteiger partial charge in [-0.25, -0.2) is 0 Å². The molecule has 6 heteroatoms. The van der Waals surface area contributed by atoms with Gasteiger partial charge in [-0.1, -0.05) is 0 Å². The summed E-state index contributed by atoms with van der Waals surface area (Å²) in [5.41, 5.74) is 0. The summed E-state index contributed by atoms with van der Waals surface area (Å²) in [6.07, 6.45) is 0.178. The Hall–Kier alpha value is -1.14. The fraction of sp³-hybridized carbons (Fsp3) is 0.800. The molecule has 0 atom stereocenters. The molecule has 0 aromatic heterocycles. The van der Waals surface area contributed by atoms with Crippen LogP contribution in [-0.2, 0) is 23.8 Å². The highest BCUT2D eigenvalue weighted by molar-refractivity contribution is 5.78. The Balaban J connectivity index is 3.33. The van der Waals surface area contributed by atoms with E-state index in [4.69, 9.17) is 14.2 Å². The van der Waals surface area contributed by atoms with Crippen LogP contribution >= 0.6 is 0 Å². The van der Waals surface area contributed by atoms with Gasteiger partial charge >= 0.3 is 5.97 Å². The van der Waals surface area contributed by atoms with Crippen molar-refractivity contribution >= 4 is 11.9 Å². The molecule has 0 saturated carbocycles. The maximum atomic E-state index is 11.1. The van der Waals surface area contributed by atoms with Crippen molar-refractivity contribution in [1.29, 1.82) is 0 Å². The molecule has 0 fully saturated rings. The molecule has 94 valence electrons. The van der Waals surface area contributed by atoms with Gasteiger partial charge in [0, 0.05) is 13.7 Å². The van der Waals surface area contributed by atoms with Crippen LogP contribution in [0.5, 0.6) is 0 Å². The topological polar surface area (TPSA) is 73.9 Å². The lowest BCUT2D eigenvalue weighted by atomic mass is 10.4. The third-order valence-electron chi connectivity index (χ3n) is 1.62. The predicted octanol–water partition coefficient (Wildman–Crippen LogP) is -0.281. The minimum atomic E-state index is -0.317. The zero-order valence-electron chi connectivity index (χ0n) is 9.78. The summed E-state index contributed by atoms with van der Waals surface area (Å²) in [4.78, 5) is 22.0. The molecule has 0 rings (SSSR count). The van der Waals surface area contributed by atoms with Gasteiger partial charge in [0.25, 0.3) is 0 Å². The smallest absolute Gasteiger partial charge is 0.307 e. The van der Waals surface area contributed by atoms with Crippen LogP contribution in [0.1, 0.15) is 13.3 Å². The van der Waals surface area contributed by atoms with E-state index in [9.17, 15) is 9.59 Å². The van der Waals surface area contributed by atoms with E-state index in [0.717, 1.165) is 0 Å². The van der Waals surface area contributed by atoms with E-state index in [1.54, 1.807) is 14.0 Å². The van der Waals surface area contributed by atoms with Crippen LogP contribution in [0.15, 0.2) is 0 Å². The highest BCUT2D eigenvalue weighted by atomic mass is 16.5. The molecule has 16 heavy (non-hydrogen) atoms. The lowest BCUT2D eigenvalue weighted by Gasteiger charge is -2.05. The number of methoxy groups -OCH3 is 1. The van der Waals surface area contributed by atoms with Crippen LogP contribution in [0.4, 0.5) is 0 Å². The van der Waals surface area contributed by atoms with Gasteiger partial charge in [0.1, 0.15) is 6.61 Å². The molecule has 0 radical (unpaired) electrons. The maximum absolute atomic E-state index is 11.1. The third-order valence-corrected chi connectivity index (χ3v) is 1.62. The van der Waals surface area contributed by atoms with Gasteiger partial charge < -0.3 is 19.5 Å². The second-order valence-electron chi connectivity index (χ2n) is 2.95. The van der Waals surface area contributed by atoms with Crippen molar-refractivity contribution in [3.05, 3.63) is 0 Å². The van der Waals surface area contributed by atoms with E-state index in [2.05, 4.69) is 5.32 Å². The Kier molecular flexibility index (Phi) is 9.64. The average molecular weight is 233 g/mol. The van der Waals surface area contributed by atoms with Crippen LogP contribution in [0, 0.1) is 0 Å². The molecule has 0 saturated heterocycles. The van der Waals surface area contributed by atoms with Crippen molar-refractivity contribution < 1.29 is 23.8 Å². The second kappa shape index (κ2) is 10.4. The standard InChI is InChI=1S/C10H19NO5/c1-3-16-10(13)4-5-11-9(12)8-15-7-6-14-2/h3-8H2,1-2H3,(H,11,12). The maximum Gasteiger partial charge on any atom is 0.307 e. The fourth-order valence-electron chi connectivity index (χ4n) is 0.895. The molecule has 0 aliphatic rings. The summed E-state index contributed by atoms with van der Waals surface area (Å²) in [6, 6.07) is 0. The van der Waals surface area contributed by atoms with Crippen LogP contribution < -0.4 is 5.32 Å². The van der Waals surface area contributed by atoms with Gasteiger partial charge in [-0.05, 0) is 6.92 Å². The average Bonchev–Trinajstić information content (AvgIpc) is 2.25. The monoisotopic (exact) mass is 233 g/mol. The molecular formula is C10H19NO5. The summed E-state index contributed by atoms with van der Waals surface area (Å²) >= 11 is 0. The molecule has 0 aromatic rings. The number of carbonyl (C=O) groups is 2. The molecule has 0 aliphatic carbocycles. The first kappa shape index (κ1) is 14.9. The first-order valence-corrected chi connectivity index (χ1v) is 5.19. The van der Waals surface area contributed by atoms with E-state index in [0.29, 0.717) is 19.8 Å². The van der Waals surface area contributed by atoms with Crippen LogP contribution in [0.2, 0.25) is 0 Å². The number of hydrogen-bond donors (Lipinski definition) is 1. The van der Waals surface area contributed by atoms with Crippen molar-refractivity contribution in [2.45, 2.75) is 13.3 Å². The molecule has 0 spiro atoms. The summed E-state index contributed by atoms with van der Waals surface area (Å²) in [5.74, 6) is -0.566. The zero-order chi connectivity index (χ0) is 12.2. The third kappa shape index (κ3) is 9.42. The molecule has 6 nitrogen and oxygen atoms in total. The quantitative estimate of drug-likeness (QED) is 0.438. The van der Waals surface area contributed by atoms with E-state index < -0.39 is 0 Å². The number of esters is 1. The van der Waals surface area contributed by atoms with Crippen molar-refractivity contribution in [3.63, 3.8) is 0 Å². The summed E-state index contributed by atoms with van der Waals surface area (Å²) < 4.78 is 14.4. The first-order valence-electron chi connectivity index (χ1n) is 5.19. The van der Waals surface area contributed by atoms with E-state index in [1.807, 2.05) is 0 Å².